The highest BCUT2D eigenvalue weighted by Crippen LogP contribution is 2.29. The molecule has 136 valence electrons. The van der Waals surface area contributed by atoms with E-state index < -0.39 is 5.91 Å². The van der Waals surface area contributed by atoms with Crippen molar-refractivity contribution in [3.05, 3.63) is 88.4 Å². The first kappa shape index (κ1) is 16.5. The SMILES string of the molecule is O=C(Nc1ccccc1-c1cn2ccsc2n1)c1cc(=O)c2ccccc2o1. The number of aromatic nitrogens is 2. The Kier molecular flexibility index (Phi) is 3.80. The Morgan fingerprint density at radius 1 is 1.11 bits per heavy atom. The van der Waals surface area contributed by atoms with E-state index in [0.29, 0.717) is 16.7 Å². The van der Waals surface area contributed by atoms with Crippen LogP contribution in [0.5, 0.6) is 0 Å². The zero-order valence-electron chi connectivity index (χ0n) is 14.5. The molecule has 0 bridgehead atoms. The summed E-state index contributed by atoms with van der Waals surface area (Å²) < 4.78 is 7.56. The number of carbonyl (C=O) groups is 1. The number of amides is 1. The number of anilines is 1. The van der Waals surface area contributed by atoms with Crippen LogP contribution < -0.4 is 10.7 Å². The number of para-hydroxylation sites is 2. The van der Waals surface area contributed by atoms with Gasteiger partial charge in [0.05, 0.1) is 16.8 Å². The van der Waals surface area contributed by atoms with Crippen LogP contribution in [-0.4, -0.2) is 15.3 Å². The molecule has 0 spiro atoms. The summed E-state index contributed by atoms with van der Waals surface area (Å²) in [4.78, 5) is 30.5. The summed E-state index contributed by atoms with van der Waals surface area (Å²) >= 11 is 1.54. The fourth-order valence-corrected chi connectivity index (χ4v) is 3.77. The van der Waals surface area contributed by atoms with Crippen LogP contribution in [-0.2, 0) is 0 Å². The van der Waals surface area contributed by atoms with Gasteiger partial charge in [0, 0.05) is 29.4 Å². The van der Waals surface area contributed by atoms with E-state index in [1.54, 1.807) is 30.3 Å². The molecule has 1 amide bonds. The van der Waals surface area contributed by atoms with Crippen LogP contribution in [0.1, 0.15) is 10.6 Å². The maximum atomic E-state index is 12.7. The van der Waals surface area contributed by atoms with Gasteiger partial charge in [-0.05, 0) is 18.2 Å². The van der Waals surface area contributed by atoms with Gasteiger partial charge in [-0.25, -0.2) is 4.98 Å². The van der Waals surface area contributed by atoms with Crippen molar-refractivity contribution in [2.24, 2.45) is 0 Å². The molecule has 28 heavy (non-hydrogen) atoms. The minimum absolute atomic E-state index is 0.0377. The molecule has 6 nitrogen and oxygen atoms in total. The first-order chi connectivity index (χ1) is 13.7. The van der Waals surface area contributed by atoms with Crippen molar-refractivity contribution >= 4 is 38.9 Å². The summed E-state index contributed by atoms with van der Waals surface area (Å²) in [6.45, 7) is 0. The van der Waals surface area contributed by atoms with E-state index in [-0.39, 0.29) is 11.2 Å². The number of thiazole rings is 1. The van der Waals surface area contributed by atoms with E-state index in [9.17, 15) is 9.59 Å². The maximum Gasteiger partial charge on any atom is 0.291 e. The van der Waals surface area contributed by atoms with Crippen molar-refractivity contribution in [2.45, 2.75) is 0 Å². The highest BCUT2D eigenvalue weighted by molar-refractivity contribution is 7.15. The van der Waals surface area contributed by atoms with Gasteiger partial charge in [0.1, 0.15) is 5.58 Å². The lowest BCUT2D eigenvalue weighted by atomic mass is 10.1. The Bertz CT molecular complexity index is 1370. The lowest BCUT2D eigenvalue weighted by Crippen LogP contribution is -2.15. The Morgan fingerprint density at radius 2 is 1.93 bits per heavy atom. The number of hydrogen-bond donors (Lipinski definition) is 1. The van der Waals surface area contributed by atoms with Crippen molar-refractivity contribution in [3.63, 3.8) is 0 Å². The summed E-state index contributed by atoms with van der Waals surface area (Å²) in [5.74, 6) is -0.527. The van der Waals surface area contributed by atoms with Crippen LogP contribution in [0.3, 0.4) is 0 Å². The van der Waals surface area contributed by atoms with E-state index >= 15 is 0 Å². The van der Waals surface area contributed by atoms with Gasteiger partial charge in [-0.3, -0.25) is 14.0 Å². The molecule has 0 fully saturated rings. The number of benzene rings is 2. The normalized spacial score (nSPS) is 11.1. The van der Waals surface area contributed by atoms with Crippen LogP contribution in [0.25, 0.3) is 27.2 Å². The summed E-state index contributed by atoms with van der Waals surface area (Å²) in [5.41, 5.74) is 2.25. The zero-order chi connectivity index (χ0) is 19.1. The fraction of sp³-hybridized carbons (Fsp3) is 0. The lowest BCUT2D eigenvalue weighted by Gasteiger charge is -2.09. The van der Waals surface area contributed by atoms with Crippen LogP contribution in [0.2, 0.25) is 0 Å². The molecule has 0 saturated carbocycles. The van der Waals surface area contributed by atoms with Gasteiger partial charge in [0.2, 0.25) is 0 Å². The van der Waals surface area contributed by atoms with Gasteiger partial charge >= 0.3 is 0 Å². The van der Waals surface area contributed by atoms with Gasteiger partial charge in [-0.15, -0.1) is 11.3 Å². The largest absolute Gasteiger partial charge is 0.451 e. The first-order valence-electron chi connectivity index (χ1n) is 8.55. The summed E-state index contributed by atoms with van der Waals surface area (Å²) in [7, 11) is 0. The molecule has 3 heterocycles. The monoisotopic (exact) mass is 387 g/mol. The van der Waals surface area contributed by atoms with E-state index in [2.05, 4.69) is 10.3 Å². The number of rotatable bonds is 3. The molecule has 5 aromatic rings. The van der Waals surface area contributed by atoms with Gasteiger partial charge in [-0.2, -0.15) is 0 Å². The van der Waals surface area contributed by atoms with Gasteiger partial charge in [0.25, 0.3) is 5.91 Å². The molecule has 0 aliphatic rings. The van der Waals surface area contributed by atoms with Crippen molar-refractivity contribution in [1.29, 1.82) is 0 Å². The molecule has 0 radical (unpaired) electrons. The first-order valence-corrected chi connectivity index (χ1v) is 9.43. The summed E-state index contributed by atoms with van der Waals surface area (Å²) in [6.07, 6.45) is 3.84. The van der Waals surface area contributed by atoms with Crippen molar-refractivity contribution in [3.8, 4) is 11.3 Å². The highest BCUT2D eigenvalue weighted by atomic mass is 32.1. The van der Waals surface area contributed by atoms with Crippen LogP contribution in [0, 0.1) is 0 Å². The van der Waals surface area contributed by atoms with Crippen LogP contribution in [0.4, 0.5) is 5.69 Å². The highest BCUT2D eigenvalue weighted by Gasteiger charge is 2.16. The van der Waals surface area contributed by atoms with Gasteiger partial charge < -0.3 is 9.73 Å². The van der Waals surface area contributed by atoms with Gasteiger partial charge in [0.15, 0.2) is 16.1 Å². The summed E-state index contributed by atoms with van der Waals surface area (Å²) in [5, 5.41) is 5.24. The molecule has 7 heteroatoms. The smallest absolute Gasteiger partial charge is 0.291 e. The molecule has 0 unspecified atom stereocenters. The second kappa shape index (κ2) is 6.47. The third-order valence-corrected chi connectivity index (χ3v) is 5.17. The van der Waals surface area contributed by atoms with E-state index in [1.165, 1.54) is 17.4 Å². The van der Waals surface area contributed by atoms with Crippen molar-refractivity contribution in [1.82, 2.24) is 9.38 Å². The standard InChI is InChI=1S/C21H13N3O3S/c25-17-11-19(27-18-8-4-2-6-14(17)18)20(26)22-15-7-3-1-5-13(15)16-12-24-9-10-28-21(24)23-16/h1-12H,(H,22,26). The zero-order valence-corrected chi connectivity index (χ0v) is 15.3. The van der Waals surface area contributed by atoms with Crippen molar-refractivity contribution < 1.29 is 9.21 Å². The number of nitrogens with one attached hydrogen (secondary N) is 1. The number of nitrogens with zero attached hydrogens (tertiary/aromatic N) is 2. The van der Waals surface area contributed by atoms with E-state index in [0.717, 1.165) is 16.2 Å². The average Bonchev–Trinajstić information content (AvgIpc) is 3.30. The minimum atomic E-state index is -0.490. The quantitative estimate of drug-likeness (QED) is 0.497. The van der Waals surface area contributed by atoms with Crippen LogP contribution in [0.15, 0.2) is 81.6 Å². The molecule has 0 aliphatic carbocycles. The Balaban J connectivity index is 1.52. The molecule has 5 rings (SSSR count). The van der Waals surface area contributed by atoms with Crippen molar-refractivity contribution in [2.75, 3.05) is 5.32 Å². The fourth-order valence-electron chi connectivity index (χ4n) is 3.07. The molecule has 0 atom stereocenters. The number of imidazole rings is 1. The molecule has 0 saturated heterocycles. The Labute approximate surface area is 162 Å². The van der Waals surface area contributed by atoms with Gasteiger partial charge in [-0.1, -0.05) is 30.3 Å². The second-order valence-corrected chi connectivity index (χ2v) is 7.06. The molecule has 0 aliphatic heterocycles. The minimum Gasteiger partial charge on any atom is -0.451 e. The topological polar surface area (TPSA) is 76.6 Å². The predicted molar refractivity (Wildman–Crippen MR) is 109 cm³/mol. The molecular weight excluding hydrogens is 374 g/mol. The third-order valence-electron chi connectivity index (χ3n) is 4.40. The Morgan fingerprint density at radius 3 is 2.82 bits per heavy atom. The maximum absolute atomic E-state index is 12.7. The number of fused-ring (bicyclic) bond motifs is 2. The van der Waals surface area contributed by atoms with E-state index in [1.807, 2.05) is 40.4 Å². The number of carbonyl (C=O) groups excluding carboxylic acids is 1. The predicted octanol–water partition coefficient (Wildman–Crippen LogP) is 4.42. The summed E-state index contributed by atoms with van der Waals surface area (Å²) in [6, 6.07) is 15.5. The molecule has 3 aromatic heterocycles. The lowest BCUT2D eigenvalue weighted by molar-refractivity contribution is 0.0997. The average molecular weight is 387 g/mol. The molecule has 1 N–H and O–H groups in total. The van der Waals surface area contributed by atoms with Crippen LogP contribution >= 0.6 is 11.3 Å². The third kappa shape index (κ3) is 2.78. The molecular formula is C21H13N3O3S. The Hall–Kier alpha value is -3.71. The number of hydrogen-bond acceptors (Lipinski definition) is 5. The van der Waals surface area contributed by atoms with E-state index in [4.69, 9.17) is 4.42 Å². The second-order valence-electron chi connectivity index (χ2n) is 6.19. The molecule has 2 aromatic carbocycles.